The van der Waals surface area contributed by atoms with Gasteiger partial charge in [0.1, 0.15) is 11.4 Å². The summed E-state index contributed by atoms with van der Waals surface area (Å²) < 4.78 is 21.3. The number of rotatable bonds is 4. The molecule has 3 aromatic rings. The summed E-state index contributed by atoms with van der Waals surface area (Å²) in [5.74, 6) is -2.19. The molecule has 0 atom stereocenters. The second-order valence-corrected chi connectivity index (χ2v) is 7.49. The van der Waals surface area contributed by atoms with Gasteiger partial charge >= 0.3 is 11.9 Å². The summed E-state index contributed by atoms with van der Waals surface area (Å²) in [6.45, 7) is 6.98. The number of carboxylic acids is 1. The molecule has 8 heteroatoms. The molecule has 0 aliphatic carbocycles. The Labute approximate surface area is 166 Å². The maximum Gasteiger partial charge on any atom is 0.354 e. The van der Waals surface area contributed by atoms with Crippen LogP contribution >= 0.6 is 0 Å². The van der Waals surface area contributed by atoms with Crippen molar-refractivity contribution in [3.8, 4) is 11.3 Å². The molecule has 0 unspecified atom stereocenters. The molecule has 0 aliphatic rings. The lowest BCUT2D eigenvalue weighted by Crippen LogP contribution is -2.22. The van der Waals surface area contributed by atoms with E-state index < -0.39 is 23.4 Å². The minimum Gasteiger partial charge on any atom is -0.477 e. The predicted octanol–water partition coefficient (Wildman–Crippen LogP) is 3.90. The van der Waals surface area contributed by atoms with Crippen LogP contribution in [0.25, 0.3) is 23.0 Å². The molecule has 2 aromatic heterocycles. The fourth-order valence-electron chi connectivity index (χ4n) is 2.71. The van der Waals surface area contributed by atoms with Crippen molar-refractivity contribution in [1.82, 2.24) is 14.6 Å². The minimum absolute atomic E-state index is 0.107. The van der Waals surface area contributed by atoms with Crippen molar-refractivity contribution in [2.24, 2.45) is 0 Å². The van der Waals surface area contributed by atoms with Gasteiger partial charge in [0, 0.05) is 23.4 Å². The molecule has 7 nitrogen and oxygen atoms in total. The van der Waals surface area contributed by atoms with Gasteiger partial charge in [-0.2, -0.15) is 5.10 Å². The van der Waals surface area contributed by atoms with E-state index in [9.17, 15) is 14.0 Å². The summed E-state index contributed by atoms with van der Waals surface area (Å²) >= 11 is 0. The Morgan fingerprint density at radius 1 is 1.21 bits per heavy atom. The molecule has 0 aliphatic heterocycles. The molecule has 0 amide bonds. The zero-order valence-electron chi connectivity index (χ0n) is 16.4. The Balaban J connectivity index is 1.90. The van der Waals surface area contributed by atoms with E-state index in [-0.39, 0.29) is 11.3 Å². The topological polar surface area (TPSA) is 93.8 Å². The SMILES string of the molecule is Cc1cc(C(=O)O)nc2cc(-c3ccc(/C=C/C(=O)OC(C)(C)C)cc3F)nn12. The number of benzene rings is 1. The lowest BCUT2D eigenvalue weighted by atomic mass is 10.1. The van der Waals surface area contributed by atoms with Gasteiger partial charge in [0.2, 0.25) is 0 Å². The summed E-state index contributed by atoms with van der Waals surface area (Å²) in [4.78, 5) is 26.9. The number of carbonyl (C=O) groups is 2. The first-order valence-electron chi connectivity index (χ1n) is 8.85. The standard InChI is InChI=1S/C21H20FN3O4/c1-12-9-17(20(27)28)23-18-11-16(24-25(12)18)14-7-5-13(10-15(14)22)6-8-19(26)29-21(2,3)4/h5-11H,1-4H3,(H,27,28)/b8-6+. The van der Waals surface area contributed by atoms with Crippen molar-refractivity contribution in [2.75, 3.05) is 0 Å². The van der Waals surface area contributed by atoms with Crippen molar-refractivity contribution in [2.45, 2.75) is 33.3 Å². The first-order valence-corrected chi connectivity index (χ1v) is 8.85. The molecular weight excluding hydrogens is 377 g/mol. The molecule has 1 aromatic carbocycles. The molecular formula is C21H20FN3O4. The number of fused-ring (bicyclic) bond motifs is 1. The van der Waals surface area contributed by atoms with E-state index in [4.69, 9.17) is 9.84 Å². The normalized spacial score (nSPS) is 11.9. The van der Waals surface area contributed by atoms with Gasteiger partial charge in [-0.25, -0.2) is 23.5 Å². The van der Waals surface area contributed by atoms with Crippen LogP contribution in [-0.2, 0) is 9.53 Å². The maximum absolute atomic E-state index is 14.7. The Morgan fingerprint density at radius 3 is 2.55 bits per heavy atom. The second kappa shape index (κ2) is 7.46. The van der Waals surface area contributed by atoms with E-state index in [1.54, 1.807) is 39.8 Å². The Bertz CT molecular complexity index is 1140. The minimum atomic E-state index is -1.15. The largest absolute Gasteiger partial charge is 0.477 e. The van der Waals surface area contributed by atoms with Crippen LogP contribution in [0.2, 0.25) is 0 Å². The number of hydrogen-bond acceptors (Lipinski definition) is 5. The Hall–Kier alpha value is -3.55. The van der Waals surface area contributed by atoms with Crippen LogP contribution in [0.3, 0.4) is 0 Å². The van der Waals surface area contributed by atoms with E-state index in [0.29, 0.717) is 22.6 Å². The fourth-order valence-corrected chi connectivity index (χ4v) is 2.71. The van der Waals surface area contributed by atoms with Crippen molar-refractivity contribution >= 4 is 23.7 Å². The van der Waals surface area contributed by atoms with Crippen LogP contribution in [0.15, 0.2) is 36.4 Å². The van der Waals surface area contributed by atoms with E-state index >= 15 is 0 Å². The lowest BCUT2D eigenvalue weighted by molar-refractivity contribution is -0.148. The van der Waals surface area contributed by atoms with Crippen molar-refractivity contribution in [1.29, 1.82) is 0 Å². The van der Waals surface area contributed by atoms with Crippen LogP contribution in [0.5, 0.6) is 0 Å². The summed E-state index contributed by atoms with van der Waals surface area (Å²) in [5, 5.41) is 13.4. The molecule has 29 heavy (non-hydrogen) atoms. The number of aryl methyl sites for hydroxylation is 1. The molecule has 0 spiro atoms. The van der Waals surface area contributed by atoms with Crippen LogP contribution in [0.4, 0.5) is 4.39 Å². The highest BCUT2D eigenvalue weighted by molar-refractivity contribution is 5.87. The summed E-state index contributed by atoms with van der Waals surface area (Å²) in [6.07, 6.45) is 2.71. The van der Waals surface area contributed by atoms with Gasteiger partial charge < -0.3 is 9.84 Å². The maximum atomic E-state index is 14.7. The third-order valence-electron chi connectivity index (χ3n) is 3.91. The third kappa shape index (κ3) is 4.66. The fraction of sp³-hybridized carbons (Fsp3) is 0.238. The van der Waals surface area contributed by atoms with Crippen LogP contribution in [0, 0.1) is 12.7 Å². The average Bonchev–Trinajstić information content (AvgIpc) is 3.03. The number of ether oxygens (including phenoxy) is 1. The molecule has 0 fully saturated rings. The molecule has 3 rings (SSSR count). The molecule has 150 valence electrons. The number of nitrogens with zero attached hydrogens (tertiary/aromatic N) is 3. The van der Waals surface area contributed by atoms with Crippen molar-refractivity contribution < 1.29 is 23.8 Å². The van der Waals surface area contributed by atoms with E-state index in [1.165, 1.54) is 34.9 Å². The molecule has 0 bridgehead atoms. The average molecular weight is 397 g/mol. The summed E-state index contributed by atoms with van der Waals surface area (Å²) in [6, 6.07) is 7.38. The number of aromatic carboxylic acids is 1. The highest BCUT2D eigenvalue weighted by Gasteiger charge is 2.16. The van der Waals surface area contributed by atoms with Crippen LogP contribution < -0.4 is 0 Å². The zero-order valence-corrected chi connectivity index (χ0v) is 16.4. The third-order valence-corrected chi connectivity index (χ3v) is 3.91. The number of carbonyl (C=O) groups excluding carboxylic acids is 1. The molecule has 0 saturated heterocycles. The molecule has 0 saturated carbocycles. The Morgan fingerprint density at radius 2 is 1.93 bits per heavy atom. The highest BCUT2D eigenvalue weighted by atomic mass is 19.1. The number of aromatic nitrogens is 3. The van der Waals surface area contributed by atoms with Gasteiger partial charge in [-0.15, -0.1) is 0 Å². The second-order valence-electron chi connectivity index (χ2n) is 7.49. The lowest BCUT2D eigenvalue weighted by Gasteiger charge is -2.17. The highest BCUT2D eigenvalue weighted by Crippen LogP contribution is 2.24. The number of halogens is 1. The van der Waals surface area contributed by atoms with E-state index in [1.807, 2.05) is 0 Å². The number of esters is 1. The number of hydrogen-bond donors (Lipinski definition) is 1. The molecule has 1 N–H and O–H groups in total. The number of carboxylic acid groups (broad SMARTS) is 1. The van der Waals surface area contributed by atoms with Gasteiger partial charge in [0.25, 0.3) is 0 Å². The monoisotopic (exact) mass is 397 g/mol. The van der Waals surface area contributed by atoms with Gasteiger partial charge in [-0.1, -0.05) is 6.07 Å². The van der Waals surface area contributed by atoms with Crippen molar-refractivity contribution in [3.05, 3.63) is 59.2 Å². The van der Waals surface area contributed by atoms with Gasteiger partial charge in [0.05, 0.1) is 5.69 Å². The summed E-state index contributed by atoms with van der Waals surface area (Å²) in [7, 11) is 0. The smallest absolute Gasteiger partial charge is 0.354 e. The van der Waals surface area contributed by atoms with E-state index in [0.717, 1.165) is 0 Å². The van der Waals surface area contributed by atoms with Gasteiger partial charge in [-0.05, 0) is 57.5 Å². The summed E-state index contributed by atoms with van der Waals surface area (Å²) in [5.41, 5.74) is 1.21. The van der Waals surface area contributed by atoms with Gasteiger partial charge in [-0.3, -0.25) is 0 Å². The first-order chi connectivity index (χ1) is 13.5. The Kier molecular flexibility index (Phi) is 5.19. The quantitative estimate of drug-likeness (QED) is 0.530. The van der Waals surface area contributed by atoms with Crippen molar-refractivity contribution in [3.63, 3.8) is 0 Å². The first kappa shape index (κ1) is 20.2. The van der Waals surface area contributed by atoms with Crippen LogP contribution in [0.1, 0.15) is 42.5 Å². The molecule has 2 heterocycles. The van der Waals surface area contributed by atoms with Crippen LogP contribution in [-0.4, -0.2) is 37.2 Å². The zero-order chi connectivity index (χ0) is 21.3. The van der Waals surface area contributed by atoms with Gasteiger partial charge in [0.15, 0.2) is 11.3 Å². The molecule has 0 radical (unpaired) electrons. The predicted molar refractivity (Wildman–Crippen MR) is 105 cm³/mol. The van der Waals surface area contributed by atoms with E-state index in [2.05, 4.69) is 10.1 Å².